The maximum atomic E-state index is 12.4. The summed E-state index contributed by atoms with van der Waals surface area (Å²) in [6, 6.07) is 0. The highest BCUT2D eigenvalue weighted by Gasteiger charge is 2.35. The number of hydrogen-bond acceptors (Lipinski definition) is 4. The summed E-state index contributed by atoms with van der Waals surface area (Å²) in [6.45, 7) is -1.79. The first-order valence-corrected chi connectivity index (χ1v) is 5.06. The van der Waals surface area contributed by atoms with Crippen molar-refractivity contribution >= 4 is 24.4 Å². The second-order valence-electron chi connectivity index (χ2n) is 2.81. The van der Waals surface area contributed by atoms with Crippen LogP contribution in [0.25, 0.3) is 0 Å². The smallest absolute Gasteiger partial charge is 0.281 e. The van der Waals surface area contributed by atoms with Crippen LogP contribution in [-0.4, -0.2) is 37.0 Å². The predicted octanol–water partition coefficient (Wildman–Crippen LogP) is 2.13. The van der Waals surface area contributed by atoms with Gasteiger partial charge in [0.15, 0.2) is 12.5 Å². The monoisotopic (exact) mass is 302 g/mol. The quantitative estimate of drug-likeness (QED) is 0.505. The van der Waals surface area contributed by atoms with E-state index in [9.17, 15) is 17.6 Å². The Morgan fingerprint density at radius 3 is 1.83 bits per heavy atom. The van der Waals surface area contributed by atoms with Crippen molar-refractivity contribution in [3.05, 3.63) is 21.4 Å². The maximum Gasteiger partial charge on any atom is 0.333 e. The van der Waals surface area contributed by atoms with Crippen molar-refractivity contribution in [2.45, 2.75) is 5.92 Å². The lowest BCUT2D eigenvalue weighted by Gasteiger charge is -2.05. The molecular formula is C6H6F4N6S2. The predicted molar refractivity (Wildman–Crippen MR) is 57.4 cm³/mol. The molecule has 4 N–H and O–H groups in total. The number of alkyl halides is 3. The molecule has 0 unspecified atom stereocenters. The SMILES string of the molecule is FCC(F)(F)c1nc(=S)[nH][nH]1.Fc1nc(=S)[nH][nH]1. The second-order valence-corrected chi connectivity index (χ2v) is 3.58. The van der Waals surface area contributed by atoms with Gasteiger partial charge in [-0.25, -0.2) is 4.39 Å². The van der Waals surface area contributed by atoms with E-state index < -0.39 is 24.5 Å². The largest absolute Gasteiger partial charge is 0.333 e. The van der Waals surface area contributed by atoms with Crippen LogP contribution < -0.4 is 0 Å². The second kappa shape index (κ2) is 5.86. The average molecular weight is 302 g/mol. The Bertz CT molecular complexity index is 597. The first-order valence-electron chi connectivity index (χ1n) is 4.24. The van der Waals surface area contributed by atoms with Crippen LogP contribution in [-0.2, 0) is 5.92 Å². The normalized spacial score (nSPS) is 10.9. The van der Waals surface area contributed by atoms with Gasteiger partial charge in [0, 0.05) is 0 Å². The van der Waals surface area contributed by atoms with Crippen molar-refractivity contribution in [2.24, 2.45) is 0 Å². The van der Waals surface area contributed by atoms with Gasteiger partial charge in [-0.1, -0.05) is 0 Å². The molecule has 0 amide bonds. The highest BCUT2D eigenvalue weighted by Crippen LogP contribution is 2.24. The Morgan fingerprint density at radius 2 is 1.56 bits per heavy atom. The van der Waals surface area contributed by atoms with E-state index >= 15 is 0 Å². The molecule has 2 heterocycles. The Kier molecular flexibility index (Phi) is 4.72. The zero-order valence-corrected chi connectivity index (χ0v) is 10.1. The van der Waals surface area contributed by atoms with Crippen molar-refractivity contribution in [2.75, 3.05) is 6.67 Å². The van der Waals surface area contributed by atoms with Crippen LogP contribution in [0.1, 0.15) is 5.82 Å². The number of hydrogen-bond donors (Lipinski definition) is 4. The molecule has 12 heteroatoms. The number of halogens is 4. The van der Waals surface area contributed by atoms with Gasteiger partial charge in [0.1, 0.15) is 0 Å². The Labute approximate surface area is 107 Å². The fourth-order valence-corrected chi connectivity index (χ4v) is 1.03. The van der Waals surface area contributed by atoms with Crippen LogP contribution in [0.5, 0.6) is 0 Å². The number of H-pyrrole nitrogens is 4. The summed E-state index contributed by atoms with van der Waals surface area (Å²) >= 11 is 8.79. The van der Waals surface area contributed by atoms with E-state index in [1.54, 1.807) is 0 Å². The lowest BCUT2D eigenvalue weighted by Crippen LogP contribution is -2.17. The van der Waals surface area contributed by atoms with Gasteiger partial charge in [0.05, 0.1) is 0 Å². The van der Waals surface area contributed by atoms with Gasteiger partial charge in [-0.3, -0.25) is 20.4 Å². The average Bonchev–Trinajstić information content (AvgIpc) is 2.89. The molecule has 100 valence electrons. The topological polar surface area (TPSA) is 88.9 Å². The Balaban J connectivity index is 0.000000199. The molecule has 0 saturated heterocycles. The molecule has 0 atom stereocenters. The number of aromatic amines is 4. The number of aromatic nitrogens is 6. The van der Waals surface area contributed by atoms with Crippen LogP contribution >= 0.6 is 24.4 Å². The molecule has 0 spiro atoms. The summed E-state index contributed by atoms with van der Waals surface area (Å²) in [5, 5.41) is 8.44. The third kappa shape index (κ3) is 4.03. The molecule has 2 rings (SSSR count). The summed E-state index contributed by atoms with van der Waals surface area (Å²) in [5.41, 5.74) is 0. The molecule has 0 aliphatic carbocycles. The minimum atomic E-state index is -3.58. The summed E-state index contributed by atoms with van der Waals surface area (Å²) in [7, 11) is 0. The summed E-state index contributed by atoms with van der Waals surface area (Å²) in [4.78, 5) is 6.32. The van der Waals surface area contributed by atoms with Crippen LogP contribution in [0.4, 0.5) is 17.6 Å². The van der Waals surface area contributed by atoms with Gasteiger partial charge < -0.3 is 0 Å². The molecule has 2 aromatic rings. The maximum absolute atomic E-state index is 12.4. The fraction of sp³-hybridized carbons (Fsp3) is 0.333. The van der Waals surface area contributed by atoms with Crippen molar-refractivity contribution in [1.29, 1.82) is 0 Å². The van der Waals surface area contributed by atoms with Crippen molar-refractivity contribution in [3.63, 3.8) is 0 Å². The van der Waals surface area contributed by atoms with Gasteiger partial charge in [0.25, 0.3) is 0 Å². The van der Waals surface area contributed by atoms with Crippen LogP contribution in [0.15, 0.2) is 0 Å². The first-order chi connectivity index (χ1) is 8.35. The molecule has 0 fully saturated rings. The van der Waals surface area contributed by atoms with E-state index in [0.717, 1.165) is 0 Å². The lowest BCUT2D eigenvalue weighted by atomic mass is 10.3. The van der Waals surface area contributed by atoms with Gasteiger partial charge in [-0.15, -0.1) is 0 Å². The first kappa shape index (κ1) is 14.5. The number of rotatable bonds is 2. The van der Waals surface area contributed by atoms with E-state index in [2.05, 4.69) is 49.7 Å². The van der Waals surface area contributed by atoms with Gasteiger partial charge in [-0.05, 0) is 24.4 Å². The van der Waals surface area contributed by atoms with Gasteiger partial charge in [-0.2, -0.15) is 23.1 Å². The summed E-state index contributed by atoms with van der Waals surface area (Å²) in [5.74, 6) is -4.35. The van der Waals surface area contributed by atoms with Gasteiger partial charge in [0.2, 0.25) is 9.54 Å². The highest BCUT2D eigenvalue weighted by molar-refractivity contribution is 7.71. The highest BCUT2D eigenvalue weighted by atomic mass is 32.1. The van der Waals surface area contributed by atoms with Crippen LogP contribution in [0, 0.1) is 15.6 Å². The van der Waals surface area contributed by atoms with E-state index in [-0.39, 0.29) is 9.54 Å². The Hall–Kier alpha value is -1.56. The third-order valence-corrected chi connectivity index (χ3v) is 1.87. The molecular weight excluding hydrogens is 296 g/mol. The van der Waals surface area contributed by atoms with Gasteiger partial charge >= 0.3 is 12.0 Å². The van der Waals surface area contributed by atoms with E-state index in [4.69, 9.17) is 0 Å². The van der Waals surface area contributed by atoms with E-state index in [1.165, 1.54) is 0 Å². The molecule has 18 heavy (non-hydrogen) atoms. The number of nitrogens with one attached hydrogen (secondary N) is 4. The molecule has 2 aromatic heterocycles. The summed E-state index contributed by atoms with van der Waals surface area (Å²) < 4.78 is 48.0. The minimum Gasteiger partial charge on any atom is -0.281 e. The molecule has 6 nitrogen and oxygen atoms in total. The van der Waals surface area contributed by atoms with E-state index in [0.29, 0.717) is 0 Å². The molecule has 0 radical (unpaired) electrons. The molecule has 0 bridgehead atoms. The molecule has 0 aliphatic heterocycles. The molecule has 0 aliphatic rings. The number of nitrogens with zero attached hydrogens (tertiary/aromatic N) is 2. The van der Waals surface area contributed by atoms with Crippen LogP contribution in [0.2, 0.25) is 0 Å². The minimum absolute atomic E-state index is 0.117. The fourth-order valence-electron chi connectivity index (χ4n) is 0.757. The zero-order valence-electron chi connectivity index (χ0n) is 8.43. The van der Waals surface area contributed by atoms with Crippen molar-refractivity contribution in [1.82, 2.24) is 30.4 Å². The summed E-state index contributed by atoms with van der Waals surface area (Å²) in [6.07, 6.45) is -0.676. The molecule has 0 saturated carbocycles. The molecule has 0 aromatic carbocycles. The Morgan fingerprint density at radius 1 is 1.00 bits per heavy atom. The lowest BCUT2D eigenvalue weighted by molar-refractivity contribution is -0.0362. The standard InChI is InChI=1S/C4H4F3N3S.C2H2FN3S/c5-1-4(6,7)2-8-3(11)10-9-2;3-1-4-2(7)6-5-1/h1H2,(H2,8,9,10,11);(H2,4,5,6,7). The zero-order chi connectivity index (χ0) is 13.8. The van der Waals surface area contributed by atoms with Crippen molar-refractivity contribution < 1.29 is 17.6 Å². The van der Waals surface area contributed by atoms with Crippen LogP contribution in [0.3, 0.4) is 0 Å². The van der Waals surface area contributed by atoms with Crippen molar-refractivity contribution in [3.8, 4) is 0 Å². The third-order valence-electron chi connectivity index (χ3n) is 1.49. The van der Waals surface area contributed by atoms with E-state index in [1.807, 2.05) is 5.10 Å².